The van der Waals surface area contributed by atoms with E-state index in [9.17, 15) is 0 Å². The summed E-state index contributed by atoms with van der Waals surface area (Å²) in [4.78, 5) is 0. The van der Waals surface area contributed by atoms with E-state index >= 15 is 0 Å². The molecule has 0 fully saturated rings. The third kappa shape index (κ3) is 1.27. The second kappa shape index (κ2) is 3.14. The zero-order valence-corrected chi connectivity index (χ0v) is 8.21. The fourth-order valence-corrected chi connectivity index (χ4v) is 2.02. The number of nitrogens with two attached hydrogens (primary N) is 1. The van der Waals surface area contributed by atoms with Crippen molar-refractivity contribution in [2.45, 2.75) is 39.2 Å². The Labute approximate surface area is 78.3 Å². The average molecular weight is 180 g/mol. The van der Waals surface area contributed by atoms with Crippen LogP contribution in [0.1, 0.15) is 43.2 Å². The van der Waals surface area contributed by atoms with E-state index < -0.39 is 0 Å². The fourth-order valence-electron chi connectivity index (χ4n) is 2.02. The topological polar surface area (TPSA) is 52.0 Å². The number of hydrogen-bond donors (Lipinski definition) is 1. The van der Waals surface area contributed by atoms with Crippen molar-refractivity contribution >= 4 is 0 Å². The summed E-state index contributed by atoms with van der Waals surface area (Å²) < 4.78 is 5.33. The van der Waals surface area contributed by atoms with Crippen molar-refractivity contribution in [3.05, 3.63) is 17.0 Å². The van der Waals surface area contributed by atoms with Gasteiger partial charge in [0.15, 0.2) is 0 Å². The van der Waals surface area contributed by atoms with Gasteiger partial charge in [0, 0.05) is 18.0 Å². The van der Waals surface area contributed by atoms with Crippen LogP contribution in [-0.4, -0.2) is 5.16 Å². The summed E-state index contributed by atoms with van der Waals surface area (Å²) in [5.74, 6) is 2.27. The highest BCUT2D eigenvalue weighted by Gasteiger charge is 2.28. The van der Waals surface area contributed by atoms with E-state index in [1.165, 1.54) is 12.0 Å². The molecule has 2 rings (SSSR count). The predicted octanol–water partition coefficient (Wildman–Crippen LogP) is 1.82. The molecular formula is C10H16N2O. The van der Waals surface area contributed by atoms with Gasteiger partial charge in [0.1, 0.15) is 11.5 Å². The Morgan fingerprint density at radius 3 is 3.00 bits per heavy atom. The standard InChI is InChI=1S/C10H16N2O/c1-6-3-4-8-9(5-11)12-13-10(8)7(6)2/h6-7H,3-5,11H2,1-2H3. The highest BCUT2D eigenvalue weighted by atomic mass is 16.5. The molecule has 0 saturated heterocycles. The summed E-state index contributed by atoms with van der Waals surface area (Å²) in [5.41, 5.74) is 7.80. The van der Waals surface area contributed by atoms with Gasteiger partial charge >= 0.3 is 0 Å². The molecule has 2 N–H and O–H groups in total. The van der Waals surface area contributed by atoms with Crippen molar-refractivity contribution in [2.24, 2.45) is 11.7 Å². The molecule has 0 spiro atoms. The highest BCUT2D eigenvalue weighted by Crippen LogP contribution is 2.36. The second-order valence-electron chi connectivity index (χ2n) is 3.98. The number of hydrogen-bond acceptors (Lipinski definition) is 3. The van der Waals surface area contributed by atoms with Crippen molar-refractivity contribution in [3.63, 3.8) is 0 Å². The van der Waals surface area contributed by atoms with Crippen molar-refractivity contribution < 1.29 is 4.52 Å². The van der Waals surface area contributed by atoms with Gasteiger partial charge < -0.3 is 10.3 Å². The molecule has 0 amide bonds. The lowest BCUT2D eigenvalue weighted by Gasteiger charge is -2.23. The molecule has 1 aliphatic rings. The lowest BCUT2D eigenvalue weighted by atomic mass is 9.81. The van der Waals surface area contributed by atoms with E-state index in [4.69, 9.17) is 10.3 Å². The van der Waals surface area contributed by atoms with Gasteiger partial charge in [-0.15, -0.1) is 0 Å². The third-order valence-corrected chi connectivity index (χ3v) is 3.21. The molecule has 0 bridgehead atoms. The van der Waals surface area contributed by atoms with E-state index in [-0.39, 0.29) is 0 Å². The van der Waals surface area contributed by atoms with Crippen molar-refractivity contribution in [2.75, 3.05) is 0 Å². The molecule has 1 aromatic heterocycles. The molecule has 0 aromatic carbocycles. The molecular weight excluding hydrogens is 164 g/mol. The Morgan fingerprint density at radius 1 is 1.54 bits per heavy atom. The van der Waals surface area contributed by atoms with Crippen LogP contribution in [0.2, 0.25) is 0 Å². The molecule has 0 saturated carbocycles. The number of rotatable bonds is 1. The summed E-state index contributed by atoms with van der Waals surface area (Å²) in [6.07, 6.45) is 2.30. The minimum absolute atomic E-state index is 0.497. The Hall–Kier alpha value is -0.830. The minimum atomic E-state index is 0.497. The van der Waals surface area contributed by atoms with Crippen LogP contribution in [0.25, 0.3) is 0 Å². The van der Waals surface area contributed by atoms with Gasteiger partial charge in [-0.3, -0.25) is 0 Å². The SMILES string of the molecule is CC1CCc2c(CN)noc2C1C. The first kappa shape index (κ1) is 8.75. The summed E-state index contributed by atoms with van der Waals surface area (Å²) in [6.45, 7) is 4.96. The zero-order valence-electron chi connectivity index (χ0n) is 8.21. The van der Waals surface area contributed by atoms with E-state index in [2.05, 4.69) is 19.0 Å². The van der Waals surface area contributed by atoms with Gasteiger partial charge in [0.25, 0.3) is 0 Å². The molecule has 0 aliphatic heterocycles. The zero-order chi connectivity index (χ0) is 9.42. The maximum atomic E-state index is 5.58. The Balaban J connectivity index is 2.39. The molecule has 1 aliphatic carbocycles. The molecule has 13 heavy (non-hydrogen) atoms. The maximum absolute atomic E-state index is 5.58. The normalized spacial score (nSPS) is 27.3. The molecule has 72 valence electrons. The van der Waals surface area contributed by atoms with Crippen LogP contribution in [0.3, 0.4) is 0 Å². The summed E-state index contributed by atoms with van der Waals surface area (Å²) in [7, 11) is 0. The van der Waals surface area contributed by atoms with Crippen LogP contribution in [-0.2, 0) is 13.0 Å². The molecule has 3 nitrogen and oxygen atoms in total. The van der Waals surface area contributed by atoms with Gasteiger partial charge in [0.05, 0.1) is 0 Å². The maximum Gasteiger partial charge on any atom is 0.143 e. The molecule has 1 aromatic rings. The van der Waals surface area contributed by atoms with Crippen LogP contribution >= 0.6 is 0 Å². The van der Waals surface area contributed by atoms with Gasteiger partial charge in [-0.05, 0) is 18.8 Å². The van der Waals surface area contributed by atoms with E-state index in [0.29, 0.717) is 18.4 Å². The first-order valence-electron chi connectivity index (χ1n) is 4.91. The fraction of sp³-hybridized carbons (Fsp3) is 0.700. The van der Waals surface area contributed by atoms with E-state index in [1.54, 1.807) is 0 Å². The molecule has 2 atom stereocenters. The van der Waals surface area contributed by atoms with Crippen LogP contribution in [0.4, 0.5) is 0 Å². The largest absolute Gasteiger partial charge is 0.361 e. The van der Waals surface area contributed by atoms with Crippen molar-refractivity contribution in [3.8, 4) is 0 Å². The summed E-state index contributed by atoms with van der Waals surface area (Å²) in [6, 6.07) is 0. The number of fused-ring (bicyclic) bond motifs is 1. The van der Waals surface area contributed by atoms with E-state index in [1.807, 2.05) is 0 Å². The highest BCUT2D eigenvalue weighted by molar-refractivity contribution is 5.28. The number of nitrogens with zero attached hydrogens (tertiary/aromatic N) is 1. The van der Waals surface area contributed by atoms with Gasteiger partial charge in [0.2, 0.25) is 0 Å². The lowest BCUT2D eigenvalue weighted by Crippen LogP contribution is -2.15. The monoisotopic (exact) mass is 180 g/mol. The smallest absolute Gasteiger partial charge is 0.143 e. The summed E-state index contributed by atoms with van der Waals surface area (Å²) in [5, 5.41) is 4.00. The van der Waals surface area contributed by atoms with Crippen LogP contribution < -0.4 is 5.73 Å². The van der Waals surface area contributed by atoms with Crippen LogP contribution in [0.5, 0.6) is 0 Å². The van der Waals surface area contributed by atoms with Gasteiger partial charge in [-0.25, -0.2) is 0 Å². The van der Waals surface area contributed by atoms with Gasteiger partial charge in [-0.1, -0.05) is 19.0 Å². The lowest BCUT2D eigenvalue weighted by molar-refractivity contribution is 0.306. The van der Waals surface area contributed by atoms with E-state index in [0.717, 1.165) is 17.9 Å². The Bertz CT molecular complexity index is 306. The molecule has 3 heteroatoms. The second-order valence-corrected chi connectivity index (χ2v) is 3.98. The van der Waals surface area contributed by atoms with Crippen molar-refractivity contribution in [1.29, 1.82) is 0 Å². The minimum Gasteiger partial charge on any atom is -0.361 e. The van der Waals surface area contributed by atoms with Crippen molar-refractivity contribution in [1.82, 2.24) is 5.16 Å². The molecule has 0 radical (unpaired) electrons. The molecule has 2 unspecified atom stereocenters. The first-order chi connectivity index (χ1) is 6.24. The average Bonchev–Trinajstić information content (AvgIpc) is 2.55. The van der Waals surface area contributed by atoms with Gasteiger partial charge in [-0.2, -0.15) is 0 Å². The third-order valence-electron chi connectivity index (χ3n) is 3.21. The van der Waals surface area contributed by atoms with Crippen LogP contribution in [0.15, 0.2) is 4.52 Å². The Kier molecular flexibility index (Phi) is 2.12. The predicted molar refractivity (Wildman–Crippen MR) is 50.3 cm³/mol. The quantitative estimate of drug-likeness (QED) is 0.717. The summed E-state index contributed by atoms with van der Waals surface area (Å²) >= 11 is 0. The molecule has 1 heterocycles. The Morgan fingerprint density at radius 2 is 2.31 bits per heavy atom. The number of aromatic nitrogens is 1. The first-order valence-corrected chi connectivity index (χ1v) is 4.91. The van der Waals surface area contributed by atoms with Crippen LogP contribution in [0, 0.1) is 5.92 Å².